The fourth-order valence-electron chi connectivity index (χ4n) is 3.54. The van der Waals surface area contributed by atoms with E-state index in [9.17, 15) is 0 Å². The second-order valence-electron chi connectivity index (χ2n) is 6.44. The van der Waals surface area contributed by atoms with Crippen molar-refractivity contribution in [2.45, 2.75) is 19.3 Å². The molecule has 0 atom stereocenters. The molecule has 0 nitrogen and oxygen atoms in total. The summed E-state index contributed by atoms with van der Waals surface area (Å²) in [5.41, 5.74) is 8.05. The van der Waals surface area contributed by atoms with Crippen LogP contribution in [0.1, 0.15) is 25.0 Å². The molecule has 0 fully saturated rings. The molecule has 0 radical (unpaired) electrons. The van der Waals surface area contributed by atoms with Crippen LogP contribution < -0.4 is 0 Å². The molecule has 3 aromatic rings. The molecule has 1 heteroatoms. The van der Waals surface area contributed by atoms with Crippen molar-refractivity contribution in [2.24, 2.45) is 0 Å². The molecule has 0 amide bonds. The Labute approximate surface area is 136 Å². The predicted molar refractivity (Wildman–Crippen MR) is 94.5 cm³/mol. The Balaban J connectivity index is 1.92. The van der Waals surface area contributed by atoms with Gasteiger partial charge in [-0.25, -0.2) is 0 Å². The van der Waals surface area contributed by atoms with E-state index >= 15 is 0 Å². The van der Waals surface area contributed by atoms with Gasteiger partial charge in [0.25, 0.3) is 0 Å². The van der Waals surface area contributed by atoms with Crippen LogP contribution in [0.5, 0.6) is 0 Å². The Kier molecular flexibility index (Phi) is 2.92. The predicted octanol–water partition coefficient (Wildman–Crippen LogP) is 6.31. The summed E-state index contributed by atoms with van der Waals surface area (Å²) >= 11 is 6.00. The summed E-state index contributed by atoms with van der Waals surface area (Å²) in [6.45, 7) is 4.61. The maximum absolute atomic E-state index is 6.00. The first-order valence-corrected chi connectivity index (χ1v) is 7.95. The molecular formula is C21H17Cl. The SMILES string of the molecule is CC1(C)c2ccccc2-c2cc(-c3ccc(Cl)cc3)ccc21. The van der Waals surface area contributed by atoms with Crippen LogP contribution in [0.15, 0.2) is 66.7 Å². The maximum atomic E-state index is 6.00. The summed E-state index contributed by atoms with van der Waals surface area (Å²) in [5, 5.41) is 0.774. The summed E-state index contributed by atoms with van der Waals surface area (Å²) in [7, 11) is 0. The third-order valence-corrected chi connectivity index (χ3v) is 5.01. The van der Waals surface area contributed by atoms with Crippen LogP contribution in [0.2, 0.25) is 5.02 Å². The molecule has 108 valence electrons. The highest BCUT2D eigenvalue weighted by atomic mass is 35.5. The first-order valence-electron chi connectivity index (χ1n) is 7.58. The van der Waals surface area contributed by atoms with E-state index in [-0.39, 0.29) is 5.41 Å². The van der Waals surface area contributed by atoms with Crippen LogP contribution in [0, 0.1) is 0 Å². The Morgan fingerprint density at radius 1 is 0.682 bits per heavy atom. The lowest BCUT2D eigenvalue weighted by atomic mass is 9.82. The topological polar surface area (TPSA) is 0 Å². The van der Waals surface area contributed by atoms with Crippen molar-refractivity contribution in [1.82, 2.24) is 0 Å². The molecule has 1 aliphatic carbocycles. The smallest absolute Gasteiger partial charge is 0.0406 e. The molecule has 0 spiro atoms. The van der Waals surface area contributed by atoms with Crippen molar-refractivity contribution in [2.75, 3.05) is 0 Å². The molecule has 0 N–H and O–H groups in total. The Morgan fingerprint density at radius 3 is 2.09 bits per heavy atom. The third-order valence-electron chi connectivity index (χ3n) is 4.76. The van der Waals surface area contributed by atoms with E-state index in [4.69, 9.17) is 11.6 Å². The lowest BCUT2D eigenvalue weighted by Crippen LogP contribution is -2.14. The molecule has 0 aliphatic heterocycles. The molecule has 0 aromatic heterocycles. The van der Waals surface area contributed by atoms with Gasteiger partial charge in [-0.2, -0.15) is 0 Å². The molecule has 3 aromatic carbocycles. The summed E-state index contributed by atoms with van der Waals surface area (Å²) in [4.78, 5) is 0. The van der Waals surface area contributed by atoms with Gasteiger partial charge in [-0.05, 0) is 51.6 Å². The van der Waals surface area contributed by atoms with Crippen molar-refractivity contribution in [1.29, 1.82) is 0 Å². The van der Waals surface area contributed by atoms with Crippen molar-refractivity contribution >= 4 is 11.6 Å². The third kappa shape index (κ3) is 1.91. The van der Waals surface area contributed by atoms with E-state index in [1.54, 1.807) is 0 Å². The molecule has 0 saturated carbocycles. The second-order valence-corrected chi connectivity index (χ2v) is 6.87. The van der Waals surface area contributed by atoms with E-state index in [0.717, 1.165) is 5.02 Å². The van der Waals surface area contributed by atoms with Crippen LogP contribution >= 0.6 is 11.6 Å². The van der Waals surface area contributed by atoms with Crippen molar-refractivity contribution in [3.05, 3.63) is 82.9 Å². The standard InChI is InChI=1S/C21H17Cl/c1-21(2)19-6-4-3-5-17(19)18-13-15(9-12-20(18)21)14-7-10-16(22)11-8-14/h3-13H,1-2H3. The minimum Gasteiger partial charge on any atom is -0.0843 e. The van der Waals surface area contributed by atoms with Crippen LogP contribution in [0.25, 0.3) is 22.3 Å². The van der Waals surface area contributed by atoms with Gasteiger partial charge in [0.1, 0.15) is 0 Å². The number of hydrogen-bond donors (Lipinski definition) is 0. The van der Waals surface area contributed by atoms with Gasteiger partial charge in [-0.15, -0.1) is 0 Å². The highest BCUT2D eigenvalue weighted by Gasteiger charge is 2.34. The van der Waals surface area contributed by atoms with Gasteiger partial charge >= 0.3 is 0 Å². The van der Waals surface area contributed by atoms with E-state index in [2.05, 4.69) is 68.4 Å². The van der Waals surface area contributed by atoms with Crippen LogP contribution in [-0.4, -0.2) is 0 Å². The number of fused-ring (bicyclic) bond motifs is 3. The fourth-order valence-corrected chi connectivity index (χ4v) is 3.67. The van der Waals surface area contributed by atoms with E-state index in [1.807, 2.05) is 12.1 Å². The summed E-state index contributed by atoms with van der Waals surface area (Å²) in [6.07, 6.45) is 0. The zero-order chi connectivity index (χ0) is 15.3. The van der Waals surface area contributed by atoms with Crippen LogP contribution in [-0.2, 0) is 5.41 Å². The minimum atomic E-state index is 0.0739. The van der Waals surface area contributed by atoms with Crippen molar-refractivity contribution in [3.8, 4) is 22.3 Å². The van der Waals surface area contributed by atoms with Gasteiger partial charge in [0.05, 0.1) is 0 Å². The number of rotatable bonds is 1. The molecule has 0 unspecified atom stereocenters. The molecule has 0 saturated heterocycles. The van der Waals surface area contributed by atoms with Crippen LogP contribution in [0.4, 0.5) is 0 Å². The first kappa shape index (κ1) is 13.6. The normalized spacial score (nSPS) is 14.5. The molecule has 0 heterocycles. The zero-order valence-corrected chi connectivity index (χ0v) is 13.5. The molecule has 0 bridgehead atoms. The number of halogens is 1. The largest absolute Gasteiger partial charge is 0.0843 e. The van der Waals surface area contributed by atoms with Crippen LogP contribution in [0.3, 0.4) is 0 Å². The lowest BCUT2D eigenvalue weighted by molar-refractivity contribution is 0.660. The van der Waals surface area contributed by atoms with E-state index < -0.39 is 0 Å². The van der Waals surface area contributed by atoms with Gasteiger partial charge in [0, 0.05) is 10.4 Å². The molecule has 22 heavy (non-hydrogen) atoms. The van der Waals surface area contributed by atoms with Crippen molar-refractivity contribution in [3.63, 3.8) is 0 Å². The summed E-state index contributed by atoms with van der Waals surface area (Å²) in [6, 6.07) is 23.6. The molecule has 1 aliphatic rings. The number of hydrogen-bond acceptors (Lipinski definition) is 0. The highest BCUT2D eigenvalue weighted by Crippen LogP contribution is 2.49. The van der Waals surface area contributed by atoms with Gasteiger partial charge in [0.15, 0.2) is 0 Å². The van der Waals surface area contributed by atoms with Crippen molar-refractivity contribution < 1.29 is 0 Å². The van der Waals surface area contributed by atoms with Gasteiger partial charge in [0.2, 0.25) is 0 Å². The average Bonchev–Trinajstić information content (AvgIpc) is 2.77. The summed E-state index contributed by atoms with van der Waals surface area (Å²) < 4.78 is 0. The Hall–Kier alpha value is -2.05. The highest BCUT2D eigenvalue weighted by molar-refractivity contribution is 6.30. The second kappa shape index (κ2) is 4.72. The van der Waals surface area contributed by atoms with Gasteiger partial charge < -0.3 is 0 Å². The minimum absolute atomic E-state index is 0.0739. The fraction of sp³-hybridized carbons (Fsp3) is 0.143. The quantitative estimate of drug-likeness (QED) is 0.494. The molecular weight excluding hydrogens is 288 g/mol. The van der Waals surface area contributed by atoms with Gasteiger partial charge in [-0.1, -0.05) is 74.0 Å². The lowest BCUT2D eigenvalue weighted by Gasteiger charge is -2.21. The van der Waals surface area contributed by atoms with E-state index in [0.29, 0.717) is 0 Å². The Morgan fingerprint density at radius 2 is 1.32 bits per heavy atom. The monoisotopic (exact) mass is 304 g/mol. The average molecular weight is 305 g/mol. The number of benzene rings is 3. The maximum Gasteiger partial charge on any atom is 0.0406 e. The first-order chi connectivity index (χ1) is 10.6. The Bertz CT molecular complexity index is 857. The van der Waals surface area contributed by atoms with E-state index in [1.165, 1.54) is 33.4 Å². The summed E-state index contributed by atoms with van der Waals surface area (Å²) in [5.74, 6) is 0. The van der Waals surface area contributed by atoms with Gasteiger partial charge in [-0.3, -0.25) is 0 Å². The zero-order valence-electron chi connectivity index (χ0n) is 12.7. The molecule has 4 rings (SSSR count).